The van der Waals surface area contributed by atoms with Gasteiger partial charge in [-0.3, -0.25) is 4.79 Å². The molecule has 2 rings (SSSR count). The lowest BCUT2D eigenvalue weighted by molar-refractivity contribution is -0.284. The molecule has 1 unspecified atom stereocenters. The molecule has 8 N–H and O–H groups in total. The molecule has 1 aliphatic heterocycles. The standard InChI is InChI=1S/C9H15N5O6/c10-7-3(8(11)18)12-13-14(7)1-2-4(15)5(16)6(17)9(19)20-2/h2,4-6,9,15-17,19H,1,10H2,(H2,11,18)/t2-,4+,5+,6-,9?/m1/s1. The van der Waals surface area contributed by atoms with Crippen molar-refractivity contribution >= 4 is 11.7 Å². The van der Waals surface area contributed by atoms with Crippen LogP contribution >= 0.6 is 0 Å². The summed E-state index contributed by atoms with van der Waals surface area (Å²) >= 11 is 0. The number of aliphatic hydroxyl groups excluding tert-OH is 4. The number of aliphatic hydroxyl groups is 4. The first-order valence-electron chi connectivity index (χ1n) is 5.69. The predicted octanol–water partition coefficient (Wildman–Crippen LogP) is -4.24. The zero-order chi connectivity index (χ0) is 15.0. The van der Waals surface area contributed by atoms with Crippen LogP contribution in [-0.2, 0) is 11.3 Å². The normalized spacial score (nSPS) is 34.1. The van der Waals surface area contributed by atoms with Gasteiger partial charge in [0.05, 0.1) is 6.54 Å². The van der Waals surface area contributed by atoms with E-state index in [9.17, 15) is 25.2 Å². The average molecular weight is 289 g/mol. The third-order valence-corrected chi connectivity index (χ3v) is 3.05. The van der Waals surface area contributed by atoms with Crippen molar-refractivity contribution in [1.29, 1.82) is 0 Å². The molecular formula is C9H15N5O6. The minimum absolute atomic E-state index is 0.136. The molecule has 0 spiro atoms. The third-order valence-electron chi connectivity index (χ3n) is 3.05. The van der Waals surface area contributed by atoms with Crippen molar-refractivity contribution in [2.45, 2.75) is 37.3 Å². The first-order chi connectivity index (χ1) is 9.32. The second-order valence-electron chi connectivity index (χ2n) is 4.41. The molecular weight excluding hydrogens is 274 g/mol. The molecule has 0 saturated carbocycles. The molecule has 11 nitrogen and oxygen atoms in total. The van der Waals surface area contributed by atoms with Gasteiger partial charge in [0.15, 0.2) is 17.8 Å². The Bertz CT molecular complexity index is 507. The van der Waals surface area contributed by atoms with E-state index in [1.165, 1.54) is 0 Å². The summed E-state index contributed by atoms with van der Waals surface area (Å²) in [6.07, 6.45) is -7.47. The van der Waals surface area contributed by atoms with Gasteiger partial charge in [-0.05, 0) is 0 Å². The van der Waals surface area contributed by atoms with E-state index in [0.29, 0.717) is 0 Å². The van der Waals surface area contributed by atoms with E-state index in [-0.39, 0.29) is 18.1 Å². The number of nitrogen functional groups attached to an aromatic ring is 1. The summed E-state index contributed by atoms with van der Waals surface area (Å²) in [5.74, 6) is -1.00. The number of aromatic nitrogens is 3. The predicted molar refractivity (Wildman–Crippen MR) is 61.9 cm³/mol. The molecule has 1 aliphatic rings. The van der Waals surface area contributed by atoms with Crippen molar-refractivity contribution in [2.75, 3.05) is 5.73 Å². The molecule has 20 heavy (non-hydrogen) atoms. The van der Waals surface area contributed by atoms with Crippen molar-refractivity contribution in [1.82, 2.24) is 15.0 Å². The Morgan fingerprint density at radius 3 is 2.45 bits per heavy atom. The lowest BCUT2D eigenvalue weighted by Crippen LogP contribution is -2.58. The minimum Gasteiger partial charge on any atom is -0.388 e. The lowest BCUT2D eigenvalue weighted by Gasteiger charge is -2.38. The van der Waals surface area contributed by atoms with Crippen molar-refractivity contribution in [3.8, 4) is 0 Å². The van der Waals surface area contributed by atoms with Crippen molar-refractivity contribution in [3.05, 3.63) is 5.69 Å². The number of hydrogen-bond donors (Lipinski definition) is 6. The first kappa shape index (κ1) is 14.6. The van der Waals surface area contributed by atoms with Crippen LogP contribution in [0.25, 0.3) is 0 Å². The minimum atomic E-state index is -1.67. The van der Waals surface area contributed by atoms with E-state index in [4.69, 9.17) is 16.2 Å². The Balaban J connectivity index is 2.15. The fraction of sp³-hybridized carbons (Fsp3) is 0.667. The summed E-state index contributed by atoms with van der Waals surface area (Å²) in [5.41, 5.74) is 10.4. The van der Waals surface area contributed by atoms with Gasteiger partial charge in [0.1, 0.15) is 24.4 Å². The summed E-state index contributed by atoms with van der Waals surface area (Å²) < 4.78 is 5.98. The number of hydrogen-bond acceptors (Lipinski definition) is 9. The molecule has 5 atom stereocenters. The smallest absolute Gasteiger partial charge is 0.273 e. The Kier molecular flexibility index (Phi) is 3.87. The maximum absolute atomic E-state index is 11.0. The Morgan fingerprint density at radius 1 is 1.25 bits per heavy atom. The Labute approximate surface area is 112 Å². The number of nitrogens with zero attached hydrogens (tertiary/aromatic N) is 3. The van der Waals surface area contributed by atoms with E-state index in [1.807, 2.05) is 0 Å². The van der Waals surface area contributed by atoms with Crippen LogP contribution in [0, 0.1) is 0 Å². The monoisotopic (exact) mass is 289 g/mol. The summed E-state index contributed by atoms with van der Waals surface area (Å²) in [6.45, 7) is -0.200. The van der Waals surface area contributed by atoms with Gasteiger partial charge in [-0.2, -0.15) is 0 Å². The molecule has 0 bridgehead atoms. The zero-order valence-corrected chi connectivity index (χ0v) is 10.2. The summed E-state index contributed by atoms with van der Waals surface area (Å²) in [4.78, 5) is 11.0. The largest absolute Gasteiger partial charge is 0.388 e. The quantitative estimate of drug-likeness (QED) is 0.320. The van der Waals surface area contributed by atoms with E-state index in [2.05, 4.69) is 10.3 Å². The number of rotatable bonds is 3. The summed E-state index contributed by atoms with van der Waals surface area (Å²) in [7, 11) is 0. The number of anilines is 1. The molecule has 1 aromatic rings. The van der Waals surface area contributed by atoms with Crippen molar-refractivity contribution in [2.24, 2.45) is 5.73 Å². The molecule has 0 radical (unpaired) electrons. The van der Waals surface area contributed by atoms with Crippen molar-refractivity contribution < 1.29 is 30.0 Å². The topological polar surface area (TPSA) is 190 Å². The summed E-state index contributed by atoms with van der Waals surface area (Å²) in [6, 6.07) is 0. The second-order valence-corrected chi connectivity index (χ2v) is 4.41. The third kappa shape index (κ3) is 2.44. The van der Waals surface area contributed by atoms with E-state index in [0.717, 1.165) is 4.68 Å². The molecule has 0 aliphatic carbocycles. The SMILES string of the molecule is NC(=O)c1nnn(C[C@H]2OC(O)[C@H](O)[C@@H](O)[C@H]2O)c1N. The highest BCUT2D eigenvalue weighted by Crippen LogP contribution is 2.21. The number of primary amides is 1. The van der Waals surface area contributed by atoms with Gasteiger partial charge in [0.2, 0.25) is 0 Å². The van der Waals surface area contributed by atoms with Gasteiger partial charge >= 0.3 is 0 Å². The maximum Gasteiger partial charge on any atom is 0.273 e. The van der Waals surface area contributed by atoms with Crippen LogP contribution in [0.1, 0.15) is 10.5 Å². The number of carbonyl (C=O) groups excluding carboxylic acids is 1. The van der Waals surface area contributed by atoms with E-state index >= 15 is 0 Å². The van der Waals surface area contributed by atoms with Gasteiger partial charge in [-0.1, -0.05) is 5.21 Å². The van der Waals surface area contributed by atoms with Gasteiger partial charge in [0.25, 0.3) is 5.91 Å². The molecule has 11 heteroatoms. The highest BCUT2D eigenvalue weighted by molar-refractivity contribution is 5.94. The Hall–Kier alpha value is -1.79. The number of ether oxygens (including phenoxy) is 1. The van der Waals surface area contributed by atoms with Crippen LogP contribution in [0.4, 0.5) is 5.82 Å². The van der Waals surface area contributed by atoms with E-state index in [1.54, 1.807) is 0 Å². The molecule has 1 aromatic heterocycles. The molecule has 2 heterocycles. The van der Waals surface area contributed by atoms with Crippen LogP contribution in [0.2, 0.25) is 0 Å². The van der Waals surface area contributed by atoms with Gasteiger partial charge in [0, 0.05) is 0 Å². The van der Waals surface area contributed by atoms with Gasteiger partial charge < -0.3 is 36.6 Å². The lowest BCUT2D eigenvalue weighted by atomic mass is 9.99. The van der Waals surface area contributed by atoms with E-state index < -0.39 is 36.6 Å². The molecule has 1 saturated heterocycles. The second kappa shape index (κ2) is 5.30. The average Bonchev–Trinajstić information content (AvgIpc) is 2.75. The first-order valence-corrected chi connectivity index (χ1v) is 5.69. The molecule has 0 aromatic carbocycles. The molecule has 1 fully saturated rings. The maximum atomic E-state index is 11.0. The van der Waals surface area contributed by atoms with Crippen LogP contribution in [0.15, 0.2) is 0 Å². The zero-order valence-electron chi connectivity index (χ0n) is 10.2. The summed E-state index contributed by atoms with van der Waals surface area (Å²) in [5, 5.41) is 45.0. The fourth-order valence-electron chi connectivity index (χ4n) is 1.88. The van der Waals surface area contributed by atoms with Gasteiger partial charge in [-0.25, -0.2) is 4.68 Å². The van der Waals surface area contributed by atoms with Crippen LogP contribution < -0.4 is 11.5 Å². The number of carbonyl (C=O) groups is 1. The number of amides is 1. The highest BCUT2D eigenvalue weighted by atomic mass is 16.6. The van der Waals surface area contributed by atoms with Crippen LogP contribution in [0.3, 0.4) is 0 Å². The fourth-order valence-corrected chi connectivity index (χ4v) is 1.88. The Morgan fingerprint density at radius 2 is 1.90 bits per heavy atom. The highest BCUT2D eigenvalue weighted by Gasteiger charge is 2.43. The van der Waals surface area contributed by atoms with Crippen molar-refractivity contribution in [3.63, 3.8) is 0 Å². The molecule has 112 valence electrons. The van der Waals surface area contributed by atoms with Crippen LogP contribution in [0.5, 0.6) is 0 Å². The van der Waals surface area contributed by atoms with Crippen LogP contribution in [-0.4, -0.2) is 72.0 Å². The van der Waals surface area contributed by atoms with Gasteiger partial charge in [-0.15, -0.1) is 5.10 Å². The molecule has 1 amide bonds. The number of nitrogens with two attached hydrogens (primary N) is 2.